The lowest BCUT2D eigenvalue weighted by Gasteiger charge is -2.02. The van der Waals surface area contributed by atoms with Crippen LogP contribution in [0.1, 0.15) is 13.8 Å². The molecule has 0 aromatic carbocycles. The van der Waals surface area contributed by atoms with Gasteiger partial charge in [-0.15, -0.1) is 0 Å². The topological polar surface area (TPSA) is 24.7 Å². The molecule has 0 bridgehead atoms. The first-order valence-electron chi connectivity index (χ1n) is 2.48. The van der Waals surface area contributed by atoms with Gasteiger partial charge < -0.3 is 0 Å². The largest absolute Gasteiger partial charge is 0.275 e. The van der Waals surface area contributed by atoms with E-state index < -0.39 is 0 Å². The molecule has 0 aromatic rings. The highest BCUT2D eigenvalue weighted by Crippen LogP contribution is 2.08. The Hall–Kier alpha value is -0.310. The molecule has 0 spiro atoms. The quantitative estimate of drug-likeness (QED) is 0.454. The van der Waals surface area contributed by atoms with Crippen LogP contribution >= 0.6 is 11.9 Å². The zero-order valence-corrected chi connectivity index (χ0v) is 5.83. The van der Waals surface area contributed by atoms with Gasteiger partial charge in [0.1, 0.15) is 5.88 Å². The first kappa shape index (κ1) is 5.82. The Kier molecular flexibility index (Phi) is 1.68. The van der Waals surface area contributed by atoms with Crippen LogP contribution in [0.25, 0.3) is 0 Å². The van der Waals surface area contributed by atoms with E-state index in [-0.39, 0.29) is 0 Å². The molecule has 0 saturated heterocycles. The zero-order valence-electron chi connectivity index (χ0n) is 5.01. The Labute approximate surface area is 53.2 Å². The molecule has 1 heterocycles. The average Bonchev–Trinajstić information content (AvgIpc) is 1.77. The van der Waals surface area contributed by atoms with Crippen molar-refractivity contribution in [2.24, 2.45) is 9.39 Å². The van der Waals surface area contributed by atoms with E-state index in [9.17, 15) is 0 Å². The summed E-state index contributed by atoms with van der Waals surface area (Å²) in [6.07, 6.45) is 0. The summed E-state index contributed by atoms with van der Waals surface area (Å²) >= 11 is 1.51. The molecule has 0 fully saturated rings. The van der Waals surface area contributed by atoms with Gasteiger partial charge in [0.2, 0.25) is 0 Å². The first-order chi connectivity index (χ1) is 3.80. The molecule has 0 unspecified atom stereocenters. The Morgan fingerprint density at radius 3 is 2.50 bits per heavy atom. The van der Waals surface area contributed by atoms with E-state index in [4.69, 9.17) is 0 Å². The predicted molar refractivity (Wildman–Crippen MR) is 38.7 cm³/mol. The lowest BCUT2D eigenvalue weighted by atomic mass is 10.3. The summed E-state index contributed by atoms with van der Waals surface area (Å²) in [6.45, 7) is 3.96. The molecule has 2 nitrogen and oxygen atoms in total. The van der Waals surface area contributed by atoms with Crippen LogP contribution in [0.2, 0.25) is 0 Å². The van der Waals surface area contributed by atoms with Gasteiger partial charge in [0.15, 0.2) is 0 Å². The summed E-state index contributed by atoms with van der Waals surface area (Å²) in [6, 6.07) is 0. The van der Waals surface area contributed by atoms with Crippen LogP contribution in [0.3, 0.4) is 0 Å². The highest BCUT2D eigenvalue weighted by Gasteiger charge is 1.99. The molecule has 0 aromatic heterocycles. The number of hydrogen-bond acceptors (Lipinski definition) is 3. The van der Waals surface area contributed by atoms with Crippen molar-refractivity contribution >= 4 is 23.4 Å². The summed E-state index contributed by atoms with van der Waals surface area (Å²) in [5.41, 5.74) is 2.13. The normalized spacial score (nSPS) is 19.8. The van der Waals surface area contributed by atoms with Crippen LogP contribution < -0.4 is 0 Å². The molecule has 0 aliphatic carbocycles. The molecule has 8 heavy (non-hydrogen) atoms. The van der Waals surface area contributed by atoms with Gasteiger partial charge in [0.25, 0.3) is 0 Å². The van der Waals surface area contributed by atoms with Crippen molar-refractivity contribution in [3.8, 4) is 0 Å². The fourth-order valence-electron chi connectivity index (χ4n) is 0.432. The van der Waals surface area contributed by atoms with E-state index in [0.717, 1.165) is 17.3 Å². The molecule has 0 N–H and O–H groups in total. The first-order valence-corrected chi connectivity index (χ1v) is 3.43. The number of rotatable bonds is 0. The fourth-order valence-corrected chi connectivity index (χ4v) is 1.07. The third-order valence-electron chi connectivity index (χ3n) is 1.08. The summed E-state index contributed by atoms with van der Waals surface area (Å²) in [5.74, 6) is 0.795. The maximum Gasteiger partial charge on any atom is 0.106 e. The monoisotopic (exact) mass is 128 g/mol. The van der Waals surface area contributed by atoms with Gasteiger partial charge in [-0.25, -0.2) is 4.40 Å². The molecular formula is C5H8N2S. The second-order valence-electron chi connectivity index (χ2n) is 1.68. The third kappa shape index (κ3) is 1.10. The molecule has 1 aliphatic rings. The minimum absolute atomic E-state index is 0.795. The highest BCUT2D eigenvalue weighted by molar-refractivity contribution is 7.98. The van der Waals surface area contributed by atoms with Gasteiger partial charge in [-0.2, -0.15) is 0 Å². The number of aliphatic imine (C=N–C) groups is 1. The lowest BCUT2D eigenvalue weighted by Crippen LogP contribution is -2.07. The van der Waals surface area contributed by atoms with Gasteiger partial charge in [0.05, 0.1) is 11.4 Å². The molecule has 1 rings (SSSR count). The summed E-state index contributed by atoms with van der Waals surface area (Å²) < 4.78 is 4.11. The van der Waals surface area contributed by atoms with E-state index in [1.54, 1.807) is 0 Å². The predicted octanol–water partition coefficient (Wildman–Crippen LogP) is 1.53. The summed E-state index contributed by atoms with van der Waals surface area (Å²) in [4.78, 5) is 4.16. The Bertz CT molecular complexity index is 131. The van der Waals surface area contributed by atoms with Crippen molar-refractivity contribution in [3.05, 3.63) is 0 Å². The van der Waals surface area contributed by atoms with E-state index in [1.807, 2.05) is 13.8 Å². The molecule has 0 saturated carbocycles. The van der Waals surface area contributed by atoms with Crippen LogP contribution in [0, 0.1) is 0 Å². The SMILES string of the molecule is CC1=NCSN=C1C. The van der Waals surface area contributed by atoms with E-state index in [0.29, 0.717) is 0 Å². The van der Waals surface area contributed by atoms with Gasteiger partial charge >= 0.3 is 0 Å². The smallest absolute Gasteiger partial charge is 0.106 e. The zero-order chi connectivity index (χ0) is 5.98. The molecule has 44 valence electrons. The van der Waals surface area contributed by atoms with Gasteiger partial charge in [-0.1, -0.05) is 0 Å². The summed E-state index contributed by atoms with van der Waals surface area (Å²) in [5, 5.41) is 0. The molecule has 0 radical (unpaired) electrons. The molecule has 0 atom stereocenters. The van der Waals surface area contributed by atoms with E-state index >= 15 is 0 Å². The summed E-state index contributed by atoms with van der Waals surface area (Å²) in [7, 11) is 0. The number of hydrogen-bond donors (Lipinski definition) is 0. The minimum Gasteiger partial charge on any atom is -0.275 e. The maximum absolute atomic E-state index is 4.16. The second kappa shape index (κ2) is 2.31. The minimum atomic E-state index is 0.795. The van der Waals surface area contributed by atoms with Crippen LogP contribution in [0.4, 0.5) is 0 Å². The second-order valence-corrected chi connectivity index (χ2v) is 2.38. The highest BCUT2D eigenvalue weighted by atomic mass is 32.2. The molecule has 0 amide bonds. The van der Waals surface area contributed by atoms with Crippen molar-refractivity contribution in [2.45, 2.75) is 13.8 Å². The Balaban J connectivity index is 2.73. The molecular weight excluding hydrogens is 120 g/mol. The third-order valence-corrected chi connectivity index (χ3v) is 1.73. The van der Waals surface area contributed by atoms with Crippen LogP contribution in [0.15, 0.2) is 9.39 Å². The Morgan fingerprint density at radius 1 is 1.38 bits per heavy atom. The van der Waals surface area contributed by atoms with Crippen LogP contribution in [-0.4, -0.2) is 17.3 Å². The average molecular weight is 128 g/mol. The molecule has 1 aliphatic heterocycles. The molecule has 3 heteroatoms. The van der Waals surface area contributed by atoms with Crippen molar-refractivity contribution in [1.82, 2.24) is 0 Å². The van der Waals surface area contributed by atoms with Crippen LogP contribution in [-0.2, 0) is 0 Å². The van der Waals surface area contributed by atoms with Crippen LogP contribution in [0.5, 0.6) is 0 Å². The van der Waals surface area contributed by atoms with Crippen molar-refractivity contribution < 1.29 is 0 Å². The van der Waals surface area contributed by atoms with E-state index in [2.05, 4.69) is 9.39 Å². The van der Waals surface area contributed by atoms with Crippen molar-refractivity contribution in [2.75, 3.05) is 5.88 Å². The Morgan fingerprint density at radius 2 is 2.12 bits per heavy atom. The van der Waals surface area contributed by atoms with Gasteiger partial charge in [-0.05, 0) is 25.8 Å². The van der Waals surface area contributed by atoms with E-state index in [1.165, 1.54) is 11.9 Å². The standard InChI is InChI=1S/C5H8N2S/c1-4-5(2)7-8-3-6-4/h3H2,1-2H3. The van der Waals surface area contributed by atoms with Gasteiger partial charge in [0, 0.05) is 0 Å². The lowest BCUT2D eigenvalue weighted by molar-refractivity contribution is 1.35. The van der Waals surface area contributed by atoms with Gasteiger partial charge in [-0.3, -0.25) is 4.99 Å². The van der Waals surface area contributed by atoms with Crippen molar-refractivity contribution in [1.29, 1.82) is 0 Å². The maximum atomic E-state index is 4.16. The van der Waals surface area contributed by atoms with Crippen molar-refractivity contribution in [3.63, 3.8) is 0 Å². The number of nitrogens with zero attached hydrogens (tertiary/aromatic N) is 2. The fraction of sp³-hybridized carbons (Fsp3) is 0.600.